The van der Waals surface area contributed by atoms with Gasteiger partial charge in [-0.25, -0.2) is 0 Å². The third kappa shape index (κ3) is 3.27. The van der Waals surface area contributed by atoms with Crippen LogP contribution in [0, 0.1) is 0 Å². The molecule has 0 radical (unpaired) electrons. The molecule has 3 rings (SSSR count). The highest BCUT2D eigenvalue weighted by Crippen LogP contribution is 2.32. The first kappa shape index (κ1) is 16.8. The van der Waals surface area contributed by atoms with Crippen LogP contribution < -0.4 is 0 Å². The number of allylic oxidation sites excluding steroid dienone is 1. The van der Waals surface area contributed by atoms with E-state index in [-0.39, 0.29) is 21.4 Å². The van der Waals surface area contributed by atoms with Crippen molar-refractivity contribution in [3.8, 4) is 5.75 Å². The largest absolute Gasteiger partial charge is 0.506 e. The summed E-state index contributed by atoms with van der Waals surface area (Å²) in [6, 6.07) is 14.0. The van der Waals surface area contributed by atoms with Crippen LogP contribution in [0.15, 0.2) is 54.6 Å². The number of phenols is 1. The number of rotatable bonds is 3. The Balaban J connectivity index is 2.00. The molecule has 0 fully saturated rings. The van der Waals surface area contributed by atoms with Gasteiger partial charge in [-0.05, 0) is 35.2 Å². The zero-order valence-corrected chi connectivity index (χ0v) is 14.5. The molecular weight excluding hydrogens is 367 g/mol. The van der Waals surface area contributed by atoms with Crippen LogP contribution in [0.2, 0.25) is 15.1 Å². The van der Waals surface area contributed by atoms with Gasteiger partial charge in [0, 0.05) is 15.4 Å². The lowest BCUT2D eigenvalue weighted by Gasteiger charge is -2.05. The van der Waals surface area contributed by atoms with Crippen molar-refractivity contribution < 1.29 is 9.90 Å². The van der Waals surface area contributed by atoms with Crippen LogP contribution in [0.25, 0.3) is 16.8 Å². The van der Waals surface area contributed by atoms with E-state index < -0.39 is 5.78 Å². The third-order valence-electron chi connectivity index (χ3n) is 3.61. The molecule has 0 atom stereocenters. The fourth-order valence-electron chi connectivity index (χ4n) is 2.44. The van der Waals surface area contributed by atoms with Crippen molar-refractivity contribution in [2.45, 2.75) is 0 Å². The van der Waals surface area contributed by atoms with Crippen LogP contribution in [-0.4, -0.2) is 10.9 Å². The summed E-state index contributed by atoms with van der Waals surface area (Å²) in [4.78, 5) is 12.4. The lowest BCUT2D eigenvalue weighted by molar-refractivity contribution is 0.104. The van der Waals surface area contributed by atoms with E-state index >= 15 is 0 Å². The van der Waals surface area contributed by atoms with Crippen LogP contribution in [-0.2, 0) is 0 Å². The van der Waals surface area contributed by atoms with Gasteiger partial charge in [0.15, 0.2) is 5.78 Å². The first-order chi connectivity index (χ1) is 11.5. The minimum atomic E-state index is -0.393. The quantitative estimate of drug-likeness (QED) is 0.423. The zero-order chi connectivity index (χ0) is 17.3. The maximum atomic E-state index is 12.4. The van der Waals surface area contributed by atoms with E-state index in [0.29, 0.717) is 5.02 Å². The molecule has 24 heavy (non-hydrogen) atoms. The lowest BCUT2D eigenvalue weighted by atomic mass is 10.0. The van der Waals surface area contributed by atoms with E-state index in [4.69, 9.17) is 34.8 Å². The normalized spacial score (nSPS) is 11.3. The molecule has 0 saturated heterocycles. The van der Waals surface area contributed by atoms with Gasteiger partial charge in [0.1, 0.15) is 5.75 Å². The van der Waals surface area contributed by atoms with Crippen molar-refractivity contribution in [1.82, 2.24) is 0 Å². The monoisotopic (exact) mass is 376 g/mol. The fraction of sp³-hybridized carbons (Fsp3) is 0. The van der Waals surface area contributed by atoms with Crippen molar-refractivity contribution in [1.29, 1.82) is 0 Å². The molecule has 120 valence electrons. The molecule has 0 bridgehead atoms. The number of phenolic OH excluding ortho intramolecular Hbond substituents is 1. The Hall–Kier alpha value is -2.00. The van der Waals surface area contributed by atoms with Crippen LogP contribution >= 0.6 is 34.8 Å². The van der Waals surface area contributed by atoms with Crippen molar-refractivity contribution in [2.75, 3.05) is 0 Å². The zero-order valence-electron chi connectivity index (χ0n) is 12.3. The number of halogens is 3. The van der Waals surface area contributed by atoms with Crippen LogP contribution in [0.5, 0.6) is 5.75 Å². The topological polar surface area (TPSA) is 37.3 Å². The second-order valence-corrected chi connectivity index (χ2v) is 6.41. The van der Waals surface area contributed by atoms with E-state index in [1.165, 1.54) is 18.2 Å². The minimum Gasteiger partial charge on any atom is -0.506 e. The molecule has 3 aromatic rings. The maximum Gasteiger partial charge on any atom is 0.189 e. The number of hydrogen-bond donors (Lipinski definition) is 1. The number of aromatic hydroxyl groups is 1. The molecule has 0 aliphatic heterocycles. The molecule has 0 aliphatic rings. The number of fused-ring (bicyclic) bond motifs is 1. The summed E-state index contributed by atoms with van der Waals surface area (Å²) in [7, 11) is 0. The highest BCUT2D eigenvalue weighted by atomic mass is 35.5. The minimum absolute atomic E-state index is 0.0381. The number of carbonyl (C=O) groups is 1. The molecule has 0 amide bonds. The molecule has 0 unspecified atom stereocenters. The van der Waals surface area contributed by atoms with E-state index in [2.05, 4.69) is 0 Å². The van der Waals surface area contributed by atoms with Gasteiger partial charge in [-0.1, -0.05) is 71.2 Å². The Morgan fingerprint density at radius 1 is 0.917 bits per heavy atom. The second-order valence-electron chi connectivity index (χ2n) is 5.16. The van der Waals surface area contributed by atoms with E-state index in [9.17, 15) is 9.90 Å². The lowest BCUT2D eigenvalue weighted by Crippen LogP contribution is -1.95. The smallest absolute Gasteiger partial charge is 0.189 e. The molecule has 5 heteroatoms. The summed E-state index contributed by atoms with van der Waals surface area (Å²) in [5.74, 6) is -0.674. The van der Waals surface area contributed by atoms with Crippen LogP contribution in [0.1, 0.15) is 15.9 Å². The van der Waals surface area contributed by atoms with Gasteiger partial charge < -0.3 is 5.11 Å². The number of carbonyl (C=O) groups excluding carboxylic acids is 1. The van der Waals surface area contributed by atoms with E-state index in [1.807, 2.05) is 30.3 Å². The Morgan fingerprint density at radius 2 is 1.62 bits per heavy atom. The van der Waals surface area contributed by atoms with Gasteiger partial charge in [0.05, 0.1) is 10.6 Å². The standard InChI is InChI=1S/C19H11Cl3O2/c20-12-9-15(19(24)17(22)10-12)18(23)8-6-11-5-7-16(21)14-4-2-1-3-13(11)14/h1-10,24H/b8-6+. The number of ketones is 1. The van der Waals surface area contributed by atoms with Gasteiger partial charge in [0.2, 0.25) is 0 Å². The Bertz CT molecular complexity index is 978. The van der Waals surface area contributed by atoms with Gasteiger partial charge in [-0.2, -0.15) is 0 Å². The van der Waals surface area contributed by atoms with Crippen molar-refractivity contribution in [2.24, 2.45) is 0 Å². The highest BCUT2D eigenvalue weighted by molar-refractivity contribution is 6.37. The average molecular weight is 378 g/mol. The third-order valence-corrected chi connectivity index (χ3v) is 4.45. The van der Waals surface area contributed by atoms with Crippen molar-refractivity contribution in [3.63, 3.8) is 0 Å². The molecule has 0 aromatic heterocycles. The molecule has 0 spiro atoms. The summed E-state index contributed by atoms with van der Waals surface area (Å²) in [5, 5.41) is 12.7. The summed E-state index contributed by atoms with van der Waals surface area (Å²) in [6.45, 7) is 0. The number of benzene rings is 3. The van der Waals surface area contributed by atoms with Gasteiger partial charge in [-0.3, -0.25) is 4.79 Å². The van der Waals surface area contributed by atoms with Gasteiger partial charge >= 0.3 is 0 Å². The van der Waals surface area contributed by atoms with Gasteiger partial charge in [0.25, 0.3) is 0 Å². The van der Waals surface area contributed by atoms with E-state index in [0.717, 1.165) is 16.3 Å². The molecule has 0 aliphatic carbocycles. The summed E-state index contributed by atoms with van der Waals surface area (Å²) >= 11 is 17.9. The molecule has 3 aromatic carbocycles. The summed E-state index contributed by atoms with van der Waals surface area (Å²) < 4.78 is 0. The average Bonchev–Trinajstić information content (AvgIpc) is 2.57. The SMILES string of the molecule is O=C(/C=C/c1ccc(Cl)c2ccccc12)c1cc(Cl)cc(Cl)c1O. The predicted molar refractivity (Wildman–Crippen MR) is 100 cm³/mol. The van der Waals surface area contributed by atoms with E-state index in [1.54, 1.807) is 12.1 Å². The second kappa shape index (κ2) is 6.86. The highest BCUT2D eigenvalue weighted by Gasteiger charge is 2.13. The Morgan fingerprint density at radius 3 is 2.38 bits per heavy atom. The van der Waals surface area contributed by atoms with Gasteiger partial charge in [-0.15, -0.1) is 0 Å². The first-order valence-corrected chi connectivity index (χ1v) is 8.18. The molecule has 1 N–H and O–H groups in total. The predicted octanol–water partition coefficient (Wildman–Crippen LogP) is 6.40. The fourth-order valence-corrected chi connectivity index (χ4v) is 3.16. The number of hydrogen-bond acceptors (Lipinski definition) is 2. The Kier molecular flexibility index (Phi) is 4.81. The summed E-state index contributed by atoms with van der Waals surface area (Å²) in [5.41, 5.74) is 0.901. The summed E-state index contributed by atoms with van der Waals surface area (Å²) in [6.07, 6.45) is 3.05. The van der Waals surface area contributed by atoms with Crippen LogP contribution in [0.4, 0.5) is 0 Å². The molecule has 0 heterocycles. The first-order valence-electron chi connectivity index (χ1n) is 7.05. The van der Waals surface area contributed by atoms with Crippen LogP contribution in [0.3, 0.4) is 0 Å². The Labute approximate surface area is 153 Å². The van der Waals surface area contributed by atoms with Crippen molar-refractivity contribution in [3.05, 3.63) is 80.8 Å². The maximum absolute atomic E-state index is 12.4. The van der Waals surface area contributed by atoms with Crippen molar-refractivity contribution >= 4 is 57.4 Å². The molecule has 2 nitrogen and oxygen atoms in total. The molecule has 0 saturated carbocycles. The molecular formula is C19H11Cl3O2.